The van der Waals surface area contributed by atoms with Crippen LogP contribution < -0.4 is 0 Å². The number of H-pyrrole nitrogens is 1. The van der Waals surface area contributed by atoms with Gasteiger partial charge in [-0.05, 0) is 29.8 Å². The molecule has 4 rings (SSSR count). The third-order valence-corrected chi connectivity index (χ3v) is 4.03. The summed E-state index contributed by atoms with van der Waals surface area (Å²) in [5, 5.41) is 1.15. The summed E-state index contributed by atoms with van der Waals surface area (Å²) < 4.78 is 1.07. The molecule has 20 heavy (non-hydrogen) atoms. The summed E-state index contributed by atoms with van der Waals surface area (Å²) in [6.45, 7) is 0. The zero-order valence-electron chi connectivity index (χ0n) is 10.6. The highest BCUT2D eigenvalue weighted by Gasteiger charge is 2.10. The minimum absolute atomic E-state index is 1.02. The minimum atomic E-state index is 1.02. The van der Waals surface area contributed by atoms with Gasteiger partial charge in [-0.15, -0.1) is 0 Å². The Kier molecular flexibility index (Phi) is 2.60. The number of aromatic amines is 1. The van der Waals surface area contributed by atoms with Gasteiger partial charge >= 0.3 is 0 Å². The lowest BCUT2D eigenvalue weighted by Crippen LogP contribution is -1.82. The van der Waals surface area contributed by atoms with Crippen molar-refractivity contribution in [1.29, 1.82) is 0 Å². The maximum atomic E-state index is 4.54. The first kappa shape index (κ1) is 11.7. The van der Waals surface area contributed by atoms with Crippen molar-refractivity contribution < 1.29 is 0 Å². The second-order valence-electron chi connectivity index (χ2n) is 4.76. The molecule has 2 heterocycles. The first-order valence-electron chi connectivity index (χ1n) is 6.44. The minimum Gasteiger partial charge on any atom is -0.353 e. The van der Waals surface area contributed by atoms with Crippen LogP contribution in [0.15, 0.2) is 65.3 Å². The van der Waals surface area contributed by atoms with E-state index in [1.807, 2.05) is 18.3 Å². The number of benzene rings is 2. The molecule has 0 saturated carbocycles. The normalized spacial score (nSPS) is 11.2. The van der Waals surface area contributed by atoms with Crippen molar-refractivity contribution in [3.05, 3.63) is 65.3 Å². The van der Waals surface area contributed by atoms with E-state index in [0.717, 1.165) is 26.4 Å². The van der Waals surface area contributed by atoms with Gasteiger partial charge in [-0.25, -0.2) is 0 Å². The van der Waals surface area contributed by atoms with Crippen LogP contribution in [-0.2, 0) is 0 Å². The number of aromatic nitrogens is 2. The van der Waals surface area contributed by atoms with E-state index < -0.39 is 0 Å². The largest absolute Gasteiger partial charge is 0.353 e. The Morgan fingerprint density at radius 2 is 1.80 bits per heavy atom. The fourth-order valence-corrected chi connectivity index (χ4v) is 2.97. The van der Waals surface area contributed by atoms with Crippen molar-refractivity contribution in [2.45, 2.75) is 0 Å². The van der Waals surface area contributed by atoms with Crippen molar-refractivity contribution >= 4 is 37.9 Å². The Morgan fingerprint density at radius 1 is 0.950 bits per heavy atom. The van der Waals surface area contributed by atoms with Crippen LogP contribution >= 0.6 is 15.9 Å². The van der Waals surface area contributed by atoms with E-state index in [1.54, 1.807) is 0 Å². The second kappa shape index (κ2) is 4.46. The molecule has 0 unspecified atom stereocenters. The molecule has 2 aromatic heterocycles. The second-order valence-corrected chi connectivity index (χ2v) is 5.68. The maximum Gasteiger partial charge on any atom is 0.0964 e. The Hall–Kier alpha value is -2.13. The van der Waals surface area contributed by atoms with Gasteiger partial charge in [0.05, 0.1) is 11.0 Å². The summed E-state index contributed by atoms with van der Waals surface area (Å²) >= 11 is 3.52. The number of nitrogens with zero attached hydrogens (tertiary/aromatic N) is 1. The fraction of sp³-hybridized carbons (Fsp3) is 0. The number of halogens is 1. The number of fused-ring (bicyclic) bond motifs is 3. The van der Waals surface area contributed by atoms with E-state index in [9.17, 15) is 0 Å². The van der Waals surface area contributed by atoms with Crippen LogP contribution in [0.1, 0.15) is 0 Å². The van der Waals surface area contributed by atoms with E-state index >= 15 is 0 Å². The van der Waals surface area contributed by atoms with Crippen LogP contribution in [-0.4, -0.2) is 9.97 Å². The van der Waals surface area contributed by atoms with Crippen molar-refractivity contribution in [3.8, 4) is 11.1 Å². The maximum absolute atomic E-state index is 4.54. The number of hydrogen-bond acceptors (Lipinski definition) is 1. The summed E-state index contributed by atoms with van der Waals surface area (Å²) in [5.74, 6) is 0. The van der Waals surface area contributed by atoms with E-state index in [1.165, 1.54) is 11.1 Å². The molecule has 0 fully saturated rings. The van der Waals surface area contributed by atoms with Gasteiger partial charge < -0.3 is 4.98 Å². The Labute approximate surface area is 124 Å². The average Bonchev–Trinajstić information content (AvgIpc) is 2.86. The Balaban J connectivity index is 2.11. The Morgan fingerprint density at radius 3 is 2.65 bits per heavy atom. The number of pyridine rings is 1. The third-order valence-electron chi connectivity index (χ3n) is 3.53. The first-order valence-corrected chi connectivity index (χ1v) is 7.23. The summed E-state index contributed by atoms with van der Waals surface area (Å²) in [4.78, 5) is 8.03. The summed E-state index contributed by atoms with van der Waals surface area (Å²) in [6.07, 6.45) is 1.87. The van der Waals surface area contributed by atoms with Crippen molar-refractivity contribution in [1.82, 2.24) is 9.97 Å². The molecule has 0 atom stereocenters. The molecule has 0 aliphatic carbocycles. The van der Waals surface area contributed by atoms with Crippen LogP contribution in [0.3, 0.4) is 0 Å². The predicted octanol–water partition coefficient (Wildman–Crippen LogP) is 5.15. The Bertz CT molecular complexity index is 910. The van der Waals surface area contributed by atoms with Crippen LogP contribution in [0.4, 0.5) is 0 Å². The molecule has 0 bridgehead atoms. The number of nitrogens with one attached hydrogen (secondary N) is 1. The molecule has 96 valence electrons. The highest BCUT2D eigenvalue weighted by Crippen LogP contribution is 2.32. The molecular weight excluding hydrogens is 312 g/mol. The first-order chi connectivity index (χ1) is 9.83. The summed E-state index contributed by atoms with van der Waals surface area (Å²) in [7, 11) is 0. The highest BCUT2D eigenvalue weighted by atomic mass is 79.9. The predicted molar refractivity (Wildman–Crippen MR) is 86.7 cm³/mol. The molecule has 0 aliphatic rings. The topological polar surface area (TPSA) is 28.7 Å². The SMILES string of the molecule is Brc1ccc2[nH]c3c(-c4ccccc4)ccnc3c2c1. The fourth-order valence-electron chi connectivity index (χ4n) is 2.61. The van der Waals surface area contributed by atoms with Gasteiger partial charge in [0.1, 0.15) is 0 Å². The smallest absolute Gasteiger partial charge is 0.0964 e. The van der Waals surface area contributed by atoms with Crippen LogP contribution in [0.5, 0.6) is 0 Å². The molecule has 0 spiro atoms. The third kappa shape index (κ3) is 1.74. The van der Waals surface area contributed by atoms with E-state index in [2.05, 4.69) is 68.4 Å². The van der Waals surface area contributed by atoms with E-state index in [4.69, 9.17) is 0 Å². The van der Waals surface area contributed by atoms with E-state index in [-0.39, 0.29) is 0 Å². The van der Waals surface area contributed by atoms with E-state index in [0.29, 0.717) is 0 Å². The molecule has 2 nitrogen and oxygen atoms in total. The molecule has 0 aliphatic heterocycles. The lowest BCUT2D eigenvalue weighted by Gasteiger charge is -2.02. The summed E-state index contributed by atoms with van der Waals surface area (Å²) in [6, 6.07) is 18.7. The van der Waals surface area contributed by atoms with Crippen molar-refractivity contribution in [2.75, 3.05) is 0 Å². The monoisotopic (exact) mass is 322 g/mol. The zero-order valence-corrected chi connectivity index (χ0v) is 12.2. The molecule has 0 amide bonds. The van der Waals surface area contributed by atoms with Crippen LogP contribution in [0, 0.1) is 0 Å². The van der Waals surface area contributed by atoms with Crippen molar-refractivity contribution in [2.24, 2.45) is 0 Å². The lowest BCUT2D eigenvalue weighted by molar-refractivity contribution is 1.41. The molecule has 3 heteroatoms. The molecule has 4 aromatic rings. The van der Waals surface area contributed by atoms with Crippen LogP contribution in [0.25, 0.3) is 33.1 Å². The lowest BCUT2D eigenvalue weighted by atomic mass is 10.1. The quantitative estimate of drug-likeness (QED) is 0.516. The zero-order chi connectivity index (χ0) is 13.5. The molecule has 1 N–H and O–H groups in total. The molecule has 2 aromatic carbocycles. The number of rotatable bonds is 1. The van der Waals surface area contributed by atoms with Gasteiger partial charge in [0.25, 0.3) is 0 Å². The molecular formula is C17H11BrN2. The van der Waals surface area contributed by atoms with Gasteiger partial charge in [-0.3, -0.25) is 4.98 Å². The van der Waals surface area contributed by atoms with Crippen LogP contribution in [0.2, 0.25) is 0 Å². The van der Waals surface area contributed by atoms with Gasteiger partial charge in [0.2, 0.25) is 0 Å². The average molecular weight is 323 g/mol. The van der Waals surface area contributed by atoms with Gasteiger partial charge in [0, 0.05) is 27.1 Å². The highest BCUT2D eigenvalue weighted by molar-refractivity contribution is 9.10. The van der Waals surface area contributed by atoms with Gasteiger partial charge in [-0.1, -0.05) is 46.3 Å². The molecule has 0 radical (unpaired) electrons. The summed E-state index contributed by atoms with van der Waals surface area (Å²) in [5.41, 5.74) is 5.60. The number of hydrogen-bond donors (Lipinski definition) is 1. The molecule has 0 saturated heterocycles. The standard InChI is InChI=1S/C17H11BrN2/c18-12-6-7-15-14(10-12)16-17(20-15)13(8-9-19-16)11-4-2-1-3-5-11/h1-10,20H. The van der Waals surface area contributed by atoms with Crippen molar-refractivity contribution in [3.63, 3.8) is 0 Å². The van der Waals surface area contributed by atoms with Gasteiger partial charge in [0.15, 0.2) is 0 Å². The van der Waals surface area contributed by atoms with Gasteiger partial charge in [-0.2, -0.15) is 0 Å².